The molecule has 0 aliphatic rings. The van der Waals surface area contributed by atoms with Gasteiger partial charge in [-0.15, -0.1) is 0 Å². The van der Waals surface area contributed by atoms with Gasteiger partial charge in [-0.25, -0.2) is 0 Å². The number of benzene rings is 2. The van der Waals surface area contributed by atoms with Gasteiger partial charge in [0.1, 0.15) is 5.75 Å². The van der Waals surface area contributed by atoms with Crippen LogP contribution in [0.4, 0.5) is 5.69 Å². The van der Waals surface area contributed by atoms with Gasteiger partial charge in [0, 0.05) is 18.7 Å². The largest absolute Gasteiger partial charge is 0.497 e. The molecule has 0 spiro atoms. The van der Waals surface area contributed by atoms with Gasteiger partial charge in [-0.05, 0) is 47.9 Å². The highest BCUT2D eigenvalue weighted by Gasteiger charge is 2.04. The van der Waals surface area contributed by atoms with E-state index in [1.54, 1.807) is 7.11 Å². The van der Waals surface area contributed by atoms with E-state index in [2.05, 4.69) is 17.2 Å². The second-order valence-corrected chi connectivity index (χ2v) is 5.52. The number of carbonyl (C=O) groups excluding carboxylic acids is 2. The zero-order valence-electron chi connectivity index (χ0n) is 14.2. The van der Waals surface area contributed by atoms with E-state index in [9.17, 15) is 9.59 Å². The minimum absolute atomic E-state index is 0.00754. The molecule has 0 aliphatic carbocycles. The molecule has 0 atom stereocenters. The van der Waals surface area contributed by atoms with Gasteiger partial charge in [0.15, 0.2) is 0 Å². The number of carbonyl (C=O) groups is 2. The fraction of sp³-hybridized carbons (Fsp3) is 0.200. The Balaban J connectivity index is 1.77. The standard InChI is InChI=1S/C20H22N2O3/c1-3-19(23)22-17-10-7-15(8-11-17)9-12-20(24)21-14-16-5-4-6-18(13-16)25-2/h3-8,10-11,13H,1,9,12,14H2,2H3,(H,21,24)(H,22,23). The van der Waals surface area contributed by atoms with E-state index in [-0.39, 0.29) is 11.8 Å². The van der Waals surface area contributed by atoms with Crippen molar-refractivity contribution in [3.05, 3.63) is 72.3 Å². The molecular weight excluding hydrogens is 316 g/mol. The van der Waals surface area contributed by atoms with Crippen molar-refractivity contribution in [3.8, 4) is 5.75 Å². The van der Waals surface area contributed by atoms with Crippen molar-refractivity contribution in [3.63, 3.8) is 0 Å². The fourth-order valence-corrected chi connectivity index (χ4v) is 2.28. The lowest BCUT2D eigenvalue weighted by Gasteiger charge is -2.08. The van der Waals surface area contributed by atoms with Crippen molar-refractivity contribution >= 4 is 17.5 Å². The molecule has 2 rings (SSSR count). The van der Waals surface area contributed by atoms with Crippen molar-refractivity contribution in [2.24, 2.45) is 0 Å². The molecule has 2 N–H and O–H groups in total. The second kappa shape index (κ2) is 9.27. The van der Waals surface area contributed by atoms with Crippen molar-refractivity contribution < 1.29 is 14.3 Å². The number of hydrogen-bond acceptors (Lipinski definition) is 3. The number of nitrogens with one attached hydrogen (secondary N) is 2. The van der Waals surface area contributed by atoms with Crippen molar-refractivity contribution in [1.82, 2.24) is 5.32 Å². The molecule has 5 heteroatoms. The van der Waals surface area contributed by atoms with E-state index in [0.29, 0.717) is 25.1 Å². The third kappa shape index (κ3) is 6.14. The van der Waals surface area contributed by atoms with E-state index in [0.717, 1.165) is 16.9 Å². The van der Waals surface area contributed by atoms with Crippen LogP contribution in [0, 0.1) is 0 Å². The fourth-order valence-electron chi connectivity index (χ4n) is 2.28. The minimum atomic E-state index is -0.246. The van der Waals surface area contributed by atoms with Crippen LogP contribution in [0.15, 0.2) is 61.2 Å². The first-order valence-corrected chi connectivity index (χ1v) is 8.02. The first-order valence-electron chi connectivity index (χ1n) is 8.02. The molecule has 0 saturated carbocycles. The SMILES string of the molecule is C=CC(=O)Nc1ccc(CCC(=O)NCc2cccc(OC)c2)cc1. The summed E-state index contributed by atoms with van der Waals surface area (Å²) < 4.78 is 5.16. The predicted molar refractivity (Wildman–Crippen MR) is 98.4 cm³/mol. The van der Waals surface area contributed by atoms with Gasteiger partial charge in [0.2, 0.25) is 11.8 Å². The van der Waals surface area contributed by atoms with Gasteiger partial charge in [0.05, 0.1) is 7.11 Å². The minimum Gasteiger partial charge on any atom is -0.497 e. The molecule has 0 aromatic heterocycles. The second-order valence-electron chi connectivity index (χ2n) is 5.52. The summed E-state index contributed by atoms with van der Waals surface area (Å²) in [6.07, 6.45) is 2.27. The summed E-state index contributed by atoms with van der Waals surface area (Å²) in [6.45, 7) is 3.88. The Morgan fingerprint density at radius 3 is 2.56 bits per heavy atom. The molecule has 0 heterocycles. The van der Waals surface area contributed by atoms with Crippen LogP contribution in [0.5, 0.6) is 5.75 Å². The van der Waals surface area contributed by atoms with Crippen LogP contribution in [0.25, 0.3) is 0 Å². The highest BCUT2D eigenvalue weighted by atomic mass is 16.5. The number of amides is 2. The van der Waals surface area contributed by atoms with Gasteiger partial charge >= 0.3 is 0 Å². The highest BCUT2D eigenvalue weighted by molar-refractivity contribution is 5.98. The molecule has 0 fully saturated rings. The Labute approximate surface area is 147 Å². The van der Waals surface area contributed by atoms with Crippen LogP contribution >= 0.6 is 0 Å². The van der Waals surface area contributed by atoms with Crippen molar-refractivity contribution in [2.45, 2.75) is 19.4 Å². The van der Waals surface area contributed by atoms with Crippen molar-refractivity contribution in [1.29, 1.82) is 0 Å². The van der Waals surface area contributed by atoms with Gasteiger partial charge in [-0.3, -0.25) is 9.59 Å². The molecule has 2 aromatic rings. The van der Waals surface area contributed by atoms with Crippen LogP contribution in [-0.4, -0.2) is 18.9 Å². The summed E-state index contributed by atoms with van der Waals surface area (Å²) in [6, 6.07) is 15.0. The maximum Gasteiger partial charge on any atom is 0.247 e. The van der Waals surface area contributed by atoms with Crippen LogP contribution in [0.2, 0.25) is 0 Å². The number of rotatable bonds is 8. The Bertz CT molecular complexity index is 739. The average Bonchev–Trinajstić information content (AvgIpc) is 2.65. The Morgan fingerprint density at radius 1 is 1.12 bits per heavy atom. The summed E-state index contributed by atoms with van der Waals surface area (Å²) >= 11 is 0. The lowest BCUT2D eigenvalue weighted by molar-refractivity contribution is -0.121. The summed E-state index contributed by atoms with van der Waals surface area (Å²) in [5, 5.41) is 5.59. The third-order valence-electron chi connectivity index (χ3n) is 3.67. The van der Waals surface area contributed by atoms with Gasteiger partial charge in [-0.1, -0.05) is 30.8 Å². The molecule has 0 saturated heterocycles. The summed E-state index contributed by atoms with van der Waals surface area (Å²) in [4.78, 5) is 23.2. The van der Waals surface area contributed by atoms with E-state index in [1.165, 1.54) is 6.08 Å². The van der Waals surface area contributed by atoms with Gasteiger partial charge < -0.3 is 15.4 Å². The topological polar surface area (TPSA) is 67.4 Å². The molecule has 130 valence electrons. The van der Waals surface area contributed by atoms with E-state index < -0.39 is 0 Å². The molecule has 0 bridgehead atoms. The summed E-state index contributed by atoms with van der Waals surface area (Å²) in [7, 11) is 1.62. The molecule has 2 aromatic carbocycles. The predicted octanol–water partition coefficient (Wildman–Crippen LogP) is 3.07. The van der Waals surface area contributed by atoms with E-state index >= 15 is 0 Å². The molecule has 2 amide bonds. The number of hydrogen-bond donors (Lipinski definition) is 2. The zero-order chi connectivity index (χ0) is 18.1. The lowest BCUT2D eigenvalue weighted by atomic mass is 10.1. The zero-order valence-corrected chi connectivity index (χ0v) is 14.2. The third-order valence-corrected chi connectivity index (χ3v) is 3.67. The van der Waals surface area contributed by atoms with Crippen LogP contribution in [-0.2, 0) is 22.6 Å². The Morgan fingerprint density at radius 2 is 1.88 bits per heavy atom. The molecule has 0 aliphatic heterocycles. The number of methoxy groups -OCH3 is 1. The first kappa shape index (κ1) is 18.3. The van der Waals surface area contributed by atoms with E-state index in [1.807, 2.05) is 48.5 Å². The molecule has 5 nitrogen and oxygen atoms in total. The average molecular weight is 338 g/mol. The molecule has 0 radical (unpaired) electrons. The Kier molecular flexibility index (Phi) is 6.77. The number of ether oxygens (including phenoxy) is 1. The van der Waals surface area contributed by atoms with Crippen LogP contribution < -0.4 is 15.4 Å². The number of aryl methyl sites for hydroxylation is 1. The smallest absolute Gasteiger partial charge is 0.247 e. The van der Waals surface area contributed by atoms with Crippen LogP contribution in [0.1, 0.15) is 17.5 Å². The molecule has 25 heavy (non-hydrogen) atoms. The number of anilines is 1. The monoisotopic (exact) mass is 338 g/mol. The molecule has 0 unspecified atom stereocenters. The van der Waals surface area contributed by atoms with Crippen molar-refractivity contribution in [2.75, 3.05) is 12.4 Å². The summed E-state index contributed by atoms with van der Waals surface area (Å²) in [5.74, 6) is 0.520. The maximum atomic E-state index is 12.0. The summed E-state index contributed by atoms with van der Waals surface area (Å²) in [5.41, 5.74) is 2.74. The Hall–Kier alpha value is -3.08. The van der Waals surface area contributed by atoms with E-state index in [4.69, 9.17) is 4.74 Å². The first-order chi connectivity index (χ1) is 12.1. The van der Waals surface area contributed by atoms with Gasteiger partial charge in [0.25, 0.3) is 0 Å². The van der Waals surface area contributed by atoms with Crippen LogP contribution in [0.3, 0.4) is 0 Å². The normalized spacial score (nSPS) is 9.96. The van der Waals surface area contributed by atoms with Gasteiger partial charge in [-0.2, -0.15) is 0 Å². The maximum absolute atomic E-state index is 12.0. The molecular formula is C20H22N2O3. The highest BCUT2D eigenvalue weighted by Crippen LogP contribution is 2.13. The quantitative estimate of drug-likeness (QED) is 0.727. The lowest BCUT2D eigenvalue weighted by Crippen LogP contribution is -2.23.